The van der Waals surface area contributed by atoms with E-state index in [4.69, 9.17) is 0 Å². The molecule has 1 amide bonds. The van der Waals surface area contributed by atoms with Gasteiger partial charge >= 0.3 is 0 Å². The first-order valence-electron chi connectivity index (χ1n) is 7.41. The van der Waals surface area contributed by atoms with E-state index in [0.29, 0.717) is 6.54 Å². The van der Waals surface area contributed by atoms with Gasteiger partial charge in [0.25, 0.3) is 5.69 Å². The average molecular weight is 342 g/mol. The van der Waals surface area contributed by atoms with Crippen LogP contribution >= 0.6 is 11.8 Å². The molecule has 124 valence electrons. The van der Waals surface area contributed by atoms with Crippen molar-refractivity contribution >= 4 is 29.0 Å². The molecular formula is C18H18N2O3S. The van der Waals surface area contributed by atoms with Crippen LogP contribution in [0.1, 0.15) is 6.92 Å². The first kappa shape index (κ1) is 17.7. The summed E-state index contributed by atoms with van der Waals surface area (Å²) < 4.78 is 0. The molecule has 2 rings (SSSR count). The van der Waals surface area contributed by atoms with Crippen LogP contribution in [0.15, 0.2) is 72.1 Å². The summed E-state index contributed by atoms with van der Waals surface area (Å²) in [6.07, 6.45) is 1.69. The molecule has 0 aromatic heterocycles. The maximum Gasteiger partial charge on any atom is 0.269 e. The molecule has 0 spiro atoms. The highest BCUT2D eigenvalue weighted by atomic mass is 32.2. The van der Waals surface area contributed by atoms with Gasteiger partial charge in [-0.15, -0.1) is 18.3 Å². The van der Waals surface area contributed by atoms with E-state index in [2.05, 4.69) is 6.58 Å². The largest absolute Gasteiger partial charge is 0.308 e. The minimum absolute atomic E-state index is 0.0375. The Morgan fingerprint density at radius 3 is 2.42 bits per heavy atom. The van der Waals surface area contributed by atoms with Crippen LogP contribution in [-0.4, -0.2) is 22.6 Å². The molecule has 24 heavy (non-hydrogen) atoms. The van der Waals surface area contributed by atoms with E-state index in [1.807, 2.05) is 37.3 Å². The molecule has 6 heteroatoms. The molecule has 2 aromatic carbocycles. The van der Waals surface area contributed by atoms with Crippen LogP contribution in [0.3, 0.4) is 0 Å². The number of rotatable bonds is 7. The lowest BCUT2D eigenvalue weighted by Crippen LogP contribution is -2.36. The molecule has 0 aliphatic heterocycles. The summed E-state index contributed by atoms with van der Waals surface area (Å²) in [6, 6.07) is 15.6. The predicted molar refractivity (Wildman–Crippen MR) is 97.4 cm³/mol. The fraction of sp³-hybridized carbons (Fsp3) is 0.167. The number of non-ortho nitro benzene ring substituents is 1. The number of anilines is 1. The summed E-state index contributed by atoms with van der Waals surface area (Å²) in [4.78, 5) is 25.5. The third-order valence-corrected chi connectivity index (χ3v) is 4.45. The molecule has 0 radical (unpaired) electrons. The molecule has 0 saturated carbocycles. The fourth-order valence-corrected chi connectivity index (χ4v) is 3.11. The second-order valence-electron chi connectivity index (χ2n) is 5.08. The van der Waals surface area contributed by atoms with Crippen LogP contribution in [-0.2, 0) is 4.79 Å². The van der Waals surface area contributed by atoms with Crippen molar-refractivity contribution in [3.63, 3.8) is 0 Å². The van der Waals surface area contributed by atoms with Gasteiger partial charge in [0, 0.05) is 29.3 Å². The Morgan fingerprint density at radius 1 is 1.25 bits per heavy atom. The molecule has 1 atom stereocenters. The molecule has 0 N–H and O–H groups in total. The molecule has 5 nitrogen and oxygen atoms in total. The van der Waals surface area contributed by atoms with Gasteiger partial charge in [0.2, 0.25) is 5.91 Å². The Bertz CT molecular complexity index is 717. The molecule has 0 bridgehead atoms. The van der Waals surface area contributed by atoms with E-state index in [0.717, 1.165) is 10.6 Å². The quantitative estimate of drug-likeness (QED) is 0.326. The van der Waals surface area contributed by atoms with Crippen molar-refractivity contribution in [3.8, 4) is 0 Å². The van der Waals surface area contributed by atoms with E-state index in [-0.39, 0.29) is 16.8 Å². The first-order chi connectivity index (χ1) is 11.5. The number of thioether (sulfide) groups is 1. The lowest BCUT2D eigenvalue weighted by atomic mass is 10.2. The Labute approximate surface area is 145 Å². The zero-order chi connectivity index (χ0) is 17.5. The standard InChI is InChI=1S/C18H18N2O3S/c1-3-13-19(15-7-5-4-6-8-15)18(21)14(2)24-17-11-9-16(10-12-17)20(22)23/h3-12,14H,1,13H2,2H3. The van der Waals surface area contributed by atoms with E-state index < -0.39 is 4.92 Å². The van der Waals surface area contributed by atoms with Gasteiger partial charge in [0.15, 0.2) is 0 Å². The predicted octanol–water partition coefficient (Wildman–Crippen LogP) is 4.29. The Kier molecular flexibility index (Phi) is 6.14. The van der Waals surface area contributed by atoms with Crippen LogP contribution in [0, 0.1) is 10.1 Å². The number of carbonyl (C=O) groups excluding carboxylic acids is 1. The molecule has 0 aliphatic carbocycles. The Balaban J connectivity index is 2.11. The lowest BCUT2D eigenvalue weighted by Gasteiger charge is -2.24. The summed E-state index contributed by atoms with van der Waals surface area (Å²) in [6.45, 7) is 5.96. The maximum absolute atomic E-state index is 12.8. The van der Waals surface area contributed by atoms with E-state index >= 15 is 0 Å². The number of para-hydroxylation sites is 1. The third kappa shape index (κ3) is 4.45. The van der Waals surface area contributed by atoms with Crippen LogP contribution in [0.25, 0.3) is 0 Å². The van der Waals surface area contributed by atoms with Gasteiger partial charge in [-0.25, -0.2) is 0 Å². The zero-order valence-corrected chi connectivity index (χ0v) is 14.1. The number of nitro benzene ring substituents is 1. The molecular weight excluding hydrogens is 324 g/mol. The van der Waals surface area contributed by atoms with Crippen LogP contribution in [0.4, 0.5) is 11.4 Å². The number of amides is 1. The number of hydrogen-bond donors (Lipinski definition) is 0. The highest BCUT2D eigenvalue weighted by Gasteiger charge is 2.22. The monoisotopic (exact) mass is 342 g/mol. The molecule has 0 aliphatic rings. The number of hydrogen-bond acceptors (Lipinski definition) is 4. The van der Waals surface area contributed by atoms with Crippen molar-refractivity contribution in [1.29, 1.82) is 0 Å². The minimum Gasteiger partial charge on any atom is -0.308 e. The van der Waals surface area contributed by atoms with Crippen LogP contribution in [0.5, 0.6) is 0 Å². The second-order valence-corrected chi connectivity index (χ2v) is 6.50. The van der Waals surface area contributed by atoms with E-state index in [1.165, 1.54) is 23.9 Å². The molecule has 0 saturated heterocycles. The molecule has 0 fully saturated rings. The van der Waals surface area contributed by atoms with Crippen molar-refractivity contribution in [3.05, 3.63) is 77.4 Å². The highest BCUT2D eigenvalue weighted by molar-refractivity contribution is 8.00. The number of nitro groups is 1. The van der Waals surface area contributed by atoms with Gasteiger partial charge in [-0.05, 0) is 31.2 Å². The fourth-order valence-electron chi connectivity index (χ4n) is 2.18. The minimum atomic E-state index is -0.440. The average Bonchev–Trinajstić information content (AvgIpc) is 2.60. The summed E-state index contributed by atoms with van der Waals surface area (Å²) in [7, 11) is 0. The van der Waals surface area contributed by atoms with Gasteiger partial charge in [-0.1, -0.05) is 24.3 Å². The van der Waals surface area contributed by atoms with Gasteiger partial charge in [0.1, 0.15) is 0 Å². The van der Waals surface area contributed by atoms with Gasteiger partial charge in [-0.2, -0.15) is 0 Å². The van der Waals surface area contributed by atoms with Crippen molar-refractivity contribution in [2.24, 2.45) is 0 Å². The van der Waals surface area contributed by atoms with Crippen molar-refractivity contribution in [2.75, 3.05) is 11.4 Å². The van der Waals surface area contributed by atoms with Crippen molar-refractivity contribution in [1.82, 2.24) is 0 Å². The normalized spacial score (nSPS) is 11.5. The summed E-state index contributed by atoms with van der Waals surface area (Å²) in [5, 5.41) is 10.4. The summed E-state index contributed by atoms with van der Waals surface area (Å²) in [5.41, 5.74) is 0.856. The lowest BCUT2D eigenvalue weighted by molar-refractivity contribution is -0.384. The van der Waals surface area contributed by atoms with Gasteiger partial charge < -0.3 is 4.90 Å². The van der Waals surface area contributed by atoms with E-state index in [9.17, 15) is 14.9 Å². The van der Waals surface area contributed by atoms with Gasteiger partial charge in [0.05, 0.1) is 10.2 Å². The van der Waals surface area contributed by atoms with Crippen LogP contribution in [0.2, 0.25) is 0 Å². The summed E-state index contributed by atoms with van der Waals surface area (Å²) in [5.74, 6) is -0.0375. The number of benzene rings is 2. The third-order valence-electron chi connectivity index (χ3n) is 3.35. The Morgan fingerprint density at radius 2 is 1.88 bits per heavy atom. The van der Waals surface area contributed by atoms with Crippen molar-refractivity contribution in [2.45, 2.75) is 17.1 Å². The van der Waals surface area contributed by atoms with Gasteiger partial charge in [-0.3, -0.25) is 14.9 Å². The second kappa shape index (κ2) is 8.31. The maximum atomic E-state index is 12.8. The Hall–Kier alpha value is -2.60. The SMILES string of the molecule is C=CCN(C(=O)C(C)Sc1ccc([N+](=O)[O-])cc1)c1ccccc1. The topological polar surface area (TPSA) is 63.5 Å². The number of carbonyl (C=O) groups is 1. The summed E-state index contributed by atoms with van der Waals surface area (Å²) >= 11 is 1.37. The molecule has 0 heterocycles. The smallest absolute Gasteiger partial charge is 0.269 e. The first-order valence-corrected chi connectivity index (χ1v) is 8.29. The highest BCUT2D eigenvalue weighted by Crippen LogP contribution is 2.27. The number of nitrogens with zero attached hydrogens (tertiary/aromatic N) is 2. The molecule has 1 unspecified atom stereocenters. The van der Waals surface area contributed by atoms with Crippen molar-refractivity contribution < 1.29 is 9.72 Å². The van der Waals surface area contributed by atoms with E-state index in [1.54, 1.807) is 23.1 Å². The zero-order valence-electron chi connectivity index (χ0n) is 13.3. The van der Waals surface area contributed by atoms with Crippen LogP contribution < -0.4 is 4.90 Å². The molecule has 2 aromatic rings.